The van der Waals surface area contributed by atoms with Crippen molar-refractivity contribution in [2.24, 2.45) is 0 Å². The molecule has 2 aliphatic heterocycles. The summed E-state index contributed by atoms with van der Waals surface area (Å²) in [4.78, 5) is 32.6. The summed E-state index contributed by atoms with van der Waals surface area (Å²) in [6.07, 6.45) is 4.06. The van der Waals surface area contributed by atoms with E-state index >= 15 is 0 Å². The Kier molecular flexibility index (Phi) is 6.78. The van der Waals surface area contributed by atoms with Gasteiger partial charge in [0.15, 0.2) is 0 Å². The lowest BCUT2D eigenvalue weighted by Gasteiger charge is -2.25. The number of aromatic nitrogens is 1. The average molecular weight is 533 g/mol. The number of fused-ring (bicyclic) bond motifs is 1. The molecule has 1 amide bonds. The third kappa shape index (κ3) is 4.94. The van der Waals surface area contributed by atoms with Crippen LogP contribution in [0.25, 0.3) is 5.76 Å². The zero-order valence-electron chi connectivity index (χ0n) is 22.0. The van der Waals surface area contributed by atoms with Crippen molar-refractivity contribution in [3.63, 3.8) is 0 Å². The quantitative estimate of drug-likeness (QED) is 0.189. The highest BCUT2D eigenvalue weighted by Gasteiger charge is 2.46. The van der Waals surface area contributed by atoms with Crippen molar-refractivity contribution in [2.75, 3.05) is 0 Å². The molecule has 0 aliphatic carbocycles. The van der Waals surface area contributed by atoms with Gasteiger partial charge in [-0.3, -0.25) is 14.6 Å². The van der Waals surface area contributed by atoms with Gasteiger partial charge in [0.05, 0.1) is 11.6 Å². The van der Waals surface area contributed by atoms with E-state index in [9.17, 15) is 14.7 Å². The zero-order valence-corrected chi connectivity index (χ0v) is 22.0. The van der Waals surface area contributed by atoms with Crippen molar-refractivity contribution >= 4 is 17.4 Å². The molecule has 1 saturated heterocycles. The molecule has 3 heterocycles. The molecule has 0 saturated carbocycles. The van der Waals surface area contributed by atoms with Gasteiger partial charge in [0.25, 0.3) is 11.7 Å². The van der Waals surface area contributed by atoms with E-state index in [-0.39, 0.29) is 24.0 Å². The van der Waals surface area contributed by atoms with Crippen molar-refractivity contribution < 1.29 is 24.2 Å². The molecule has 6 rings (SSSR count). The number of carbonyl (C=O) groups is 2. The van der Waals surface area contributed by atoms with Gasteiger partial charge in [0.1, 0.15) is 30.0 Å². The van der Waals surface area contributed by atoms with Crippen LogP contribution in [0.15, 0.2) is 103 Å². The predicted octanol–water partition coefficient (Wildman–Crippen LogP) is 5.61. The van der Waals surface area contributed by atoms with Crippen molar-refractivity contribution in [2.45, 2.75) is 38.6 Å². The lowest BCUT2D eigenvalue weighted by atomic mass is 9.94. The summed E-state index contributed by atoms with van der Waals surface area (Å²) in [7, 11) is 0. The van der Waals surface area contributed by atoms with Gasteiger partial charge in [-0.2, -0.15) is 0 Å². The molecule has 200 valence electrons. The summed E-state index contributed by atoms with van der Waals surface area (Å²) in [5.74, 6) is -0.260. The zero-order chi connectivity index (χ0) is 27.6. The molecule has 1 aromatic heterocycles. The van der Waals surface area contributed by atoms with Gasteiger partial charge in [-0.1, -0.05) is 48.5 Å². The highest BCUT2D eigenvalue weighted by molar-refractivity contribution is 6.46. The molecule has 40 heavy (non-hydrogen) atoms. The second kappa shape index (κ2) is 10.7. The predicted molar refractivity (Wildman–Crippen MR) is 150 cm³/mol. The molecule has 0 spiro atoms. The first kappa shape index (κ1) is 25.4. The summed E-state index contributed by atoms with van der Waals surface area (Å²) >= 11 is 0. The number of likely N-dealkylation sites (tertiary alicyclic amines) is 1. The number of pyridine rings is 1. The van der Waals surface area contributed by atoms with E-state index in [2.05, 4.69) is 4.98 Å². The highest BCUT2D eigenvalue weighted by Crippen LogP contribution is 2.42. The number of rotatable bonds is 7. The maximum Gasteiger partial charge on any atom is 0.295 e. The lowest BCUT2D eigenvalue weighted by molar-refractivity contribution is -0.140. The fourth-order valence-electron chi connectivity index (χ4n) is 5.32. The van der Waals surface area contributed by atoms with E-state index in [1.165, 1.54) is 4.90 Å². The number of nitrogens with zero attached hydrogens (tertiary/aromatic N) is 2. The van der Waals surface area contributed by atoms with E-state index in [4.69, 9.17) is 9.47 Å². The summed E-state index contributed by atoms with van der Waals surface area (Å²) in [5.41, 5.74) is 3.92. The molecule has 2 atom stereocenters. The Balaban J connectivity index is 1.41. The number of amides is 1. The number of carbonyl (C=O) groups excluding carboxylic acids is 2. The largest absolute Gasteiger partial charge is 0.507 e. The molecule has 3 aromatic carbocycles. The molecule has 1 N–H and O–H groups in total. The fourth-order valence-corrected chi connectivity index (χ4v) is 5.32. The van der Waals surface area contributed by atoms with Crippen molar-refractivity contribution in [3.05, 3.63) is 131 Å². The molecule has 0 unspecified atom stereocenters. The van der Waals surface area contributed by atoms with E-state index < -0.39 is 17.7 Å². The minimum absolute atomic E-state index is 0.0380. The Labute approximate surface area is 232 Å². The lowest BCUT2D eigenvalue weighted by Crippen LogP contribution is -2.29. The summed E-state index contributed by atoms with van der Waals surface area (Å²) in [6, 6.07) is 25.3. The van der Waals surface area contributed by atoms with Gasteiger partial charge >= 0.3 is 0 Å². The second-order valence-corrected chi connectivity index (χ2v) is 10.1. The standard InChI is InChI=1S/C33H28N2O5/c1-21-15-26-16-25(12-13-28(26)40-21)31(36)29-30(35(33(38)32(29)37)19-23-9-6-14-34-18-23)24-10-5-11-27(17-24)39-20-22-7-3-2-4-8-22/h2-14,16-18,21,30,36H,15,19-20H2,1H3/t21-,30-/m1/s1. The van der Waals surface area contributed by atoms with Gasteiger partial charge in [0, 0.05) is 30.9 Å². The van der Waals surface area contributed by atoms with Crippen LogP contribution in [0.3, 0.4) is 0 Å². The topological polar surface area (TPSA) is 89.0 Å². The molecule has 7 heteroatoms. The van der Waals surface area contributed by atoms with Gasteiger partial charge in [-0.05, 0) is 65.6 Å². The van der Waals surface area contributed by atoms with E-state index in [0.717, 1.165) is 22.4 Å². The van der Waals surface area contributed by atoms with Crippen LogP contribution in [-0.4, -0.2) is 32.8 Å². The van der Waals surface area contributed by atoms with Gasteiger partial charge in [-0.15, -0.1) is 0 Å². The Bertz CT molecular complexity index is 1600. The monoisotopic (exact) mass is 532 g/mol. The molecule has 1 fully saturated rings. The van der Waals surface area contributed by atoms with Crippen LogP contribution in [-0.2, 0) is 29.2 Å². The van der Waals surface area contributed by atoms with Gasteiger partial charge in [0.2, 0.25) is 0 Å². The number of hydrogen-bond donors (Lipinski definition) is 1. The number of aliphatic hydroxyl groups excluding tert-OH is 1. The van der Waals surface area contributed by atoms with Crippen LogP contribution < -0.4 is 9.47 Å². The molecule has 0 bridgehead atoms. The van der Waals surface area contributed by atoms with Crippen molar-refractivity contribution in [1.29, 1.82) is 0 Å². The van der Waals surface area contributed by atoms with Crippen LogP contribution in [0.2, 0.25) is 0 Å². The SMILES string of the molecule is C[C@@H]1Cc2cc(C(O)=C3C(=O)C(=O)N(Cc4cccnc4)[C@@H]3c3cccc(OCc4ccccc4)c3)ccc2O1. The molecule has 0 radical (unpaired) electrons. The normalized spacial score (nSPS) is 19.4. The smallest absolute Gasteiger partial charge is 0.295 e. The molecule has 2 aliphatic rings. The fraction of sp³-hybridized carbons (Fsp3) is 0.182. The Morgan fingerprint density at radius 2 is 1.82 bits per heavy atom. The first-order valence-electron chi connectivity index (χ1n) is 13.2. The number of hydrogen-bond acceptors (Lipinski definition) is 6. The molecule has 7 nitrogen and oxygen atoms in total. The third-order valence-electron chi connectivity index (χ3n) is 7.21. The minimum Gasteiger partial charge on any atom is -0.507 e. The van der Waals surface area contributed by atoms with E-state index in [1.54, 1.807) is 30.6 Å². The Morgan fingerprint density at radius 1 is 1.00 bits per heavy atom. The van der Waals surface area contributed by atoms with E-state index in [0.29, 0.717) is 29.9 Å². The number of ether oxygens (including phenoxy) is 2. The second-order valence-electron chi connectivity index (χ2n) is 10.1. The van der Waals surface area contributed by atoms with Crippen LogP contribution in [0, 0.1) is 0 Å². The maximum atomic E-state index is 13.5. The molecular formula is C33H28N2O5. The van der Waals surface area contributed by atoms with Gasteiger partial charge in [-0.25, -0.2) is 0 Å². The van der Waals surface area contributed by atoms with Crippen LogP contribution >= 0.6 is 0 Å². The van der Waals surface area contributed by atoms with Gasteiger partial charge < -0.3 is 19.5 Å². The summed E-state index contributed by atoms with van der Waals surface area (Å²) in [6.45, 7) is 2.51. The minimum atomic E-state index is -0.816. The third-order valence-corrected chi connectivity index (χ3v) is 7.21. The first-order valence-corrected chi connectivity index (χ1v) is 13.2. The molecule has 4 aromatic rings. The summed E-state index contributed by atoms with van der Waals surface area (Å²) < 4.78 is 11.8. The summed E-state index contributed by atoms with van der Waals surface area (Å²) in [5, 5.41) is 11.5. The average Bonchev–Trinajstić information content (AvgIpc) is 3.48. The van der Waals surface area contributed by atoms with Crippen LogP contribution in [0.5, 0.6) is 11.5 Å². The maximum absolute atomic E-state index is 13.5. The number of Topliss-reactive ketones (excluding diaryl/α,β-unsaturated/α-hetero) is 1. The van der Waals surface area contributed by atoms with E-state index in [1.807, 2.05) is 73.7 Å². The van der Waals surface area contributed by atoms with Crippen LogP contribution in [0.1, 0.15) is 40.8 Å². The first-order chi connectivity index (χ1) is 19.5. The Hall–Kier alpha value is -4.91. The Morgan fingerprint density at radius 3 is 2.62 bits per heavy atom. The van der Waals surface area contributed by atoms with Crippen molar-refractivity contribution in [1.82, 2.24) is 9.88 Å². The number of ketones is 1. The number of aliphatic hydroxyl groups is 1. The van der Waals surface area contributed by atoms with Crippen LogP contribution in [0.4, 0.5) is 0 Å². The van der Waals surface area contributed by atoms with Crippen molar-refractivity contribution in [3.8, 4) is 11.5 Å². The highest BCUT2D eigenvalue weighted by atomic mass is 16.5. The number of benzene rings is 3. The molecular weight excluding hydrogens is 504 g/mol.